The van der Waals surface area contributed by atoms with Crippen LogP contribution in [0.25, 0.3) is 0 Å². The van der Waals surface area contributed by atoms with Crippen molar-refractivity contribution in [2.45, 2.75) is 44.6 Å². The SMILES string of the molecule is C=C/C=C/CCN(C(=O)OC(C)(C)C)S(=O)(=O)c1ccc(C)cc1. The number of sulfonamides is 1. The van der Waals surface area contributed by atoms with Crippen molar-refractivity contribution in [1.29, 1.82) is 0 Å². The van der Waals surface area contributed by atoms with Gasteiger partial charge in [-0.25, -0.2) is 17.5 Å². The second kappa shape index (κ2) is 8.15. The van der Waals surface area contributed by atoms with Crippen LogP contribution in [0.3, 0.4) is 0 Å². The van der Waals surface area contributed by atoms with E-state index in [1.165, 1.54) is 12.1 Å². The van der Waals surface area contributed by atoms with Gasteiger partial charge in [0.25, 0.3) is 10.0 Å². The number of hydrogen-bond acceptors (Lipinski definition) is 4. The number of amides is 1. The third kappa shape index (κ3) is 5.85. The molecule has 0 fully saturated rings. The molecule has 0 aliphatic heterocycles. The van der Waals surface area contributed by atoms with E-state index in [2.05, 4.69) is 6.58 Å². The summed E-state index contributed by atoms with van der Waals surface area (Å²) in [5, 5.41) is 0. The Hall–Kier alpha value is -2.08. The van der Waals surface area contributed by atoms with Gasteiger partial charge in [-0.1, -0.05) is 42.5 Å². The normalized spacial score (nSPS) is 12.2. The molecule has 132 valence electrons. The molecule has 0 aromatic heterocycles. The van der Waals surface area contributed by atoms with Gasteiger partial charge < -0.3 is 4.74 Å². The Morgan fingerprint density at radius 1 is 1.25 bits per heavy atom. The molecule has 0 N–H and O–H groups in total. The van der Waals surface area contributed by atoms with Crippen LogP contribution >= 0.6 is 0 Å². The maximum Gasteiger partial charge on any atom is 0.424 e. The Kier molecular flexibility index (Phi) is 6.78. The van der Waals surface area contributed by atoms with Crippen molar-refractivity contribution in [1.82, 2.24) is 4.31 Å². The van der Waals surface area contributed by atoms with Gasteiger partial charge in [0.2, 0.25) is 0 Å². The molecule has 0 atom stereocenters. The molecule has 0 saturated carbocycles. The number of ether oxygens (including phenoxy) is 1. The summed E-state index contributed by atoms with van der Waals surface area (Å²) in [6.45, 7) is 10.5. The van der Waals surface area contributed by atoms with Crippen molar-refractivity contribution in [3.8, 4) is 0 Å². The Balaban J connectivity index is 3.14. The van der Waals surface area contributed by atoms with E-state index < -0.39 is 21.7 Å². The lowest BCUT2D eigenvalue weighted by molar-refractivity contribution is 0.0393. The maximum absolute atomic E-state index is 12.8. The molecule has 5 nitrogen and oxygen atoms in total. The zero-order valence-corrected chi connectivity index (χ0v) is 15.5. The van der Waals surface area contributed by atoms with Crippen molar-refractivity contribution >= 4 is 16.1 Å². The van der Waals surface area contributed by atoms with Crippen LogP contribution in [0.4, 0.5) is 4.79 Å². The predicted octanol–water partition coefficient (Wildman–Crippen LogP) is 4.05. The van der Waals surface area contributed by atoms with Crippen molar-refractivity contribution < 1.29 is 17.9 Å². The number of carbonyl (C=O) groups is 1. The van der Waals surface area contributed by atoms with E-state index in [0.29, 0.717) is 6.42 Å². The lowest BCUT2D eigenvalue weighted by Gasteiger charge is -2.26. The molecule has 0 saturated heterocycles. The zero-order valence-electron chi connectivity index (χ0n) is 14.7. The number of aryl methyl sites for hydroxylation is 1. The molecule has 0 radical (unpaired) electrons. The average Bonchev–Trinajstić information content (AvgIpc) is 2.45. The molecule has 0 unspecified atom stereocenters. The Bertz CT molecular complexity index is 698. The summed E-state index contributed by atoms with van der Waals surface area (Å²) in [5.74, 6) is 0. The molecule has 6 heteroatoms. The molecule has 1 aromatic carbocycles. The summed E-state index contributed by atoms with van der Waals surface area (Å²) in [4.78, 5) is 12.5. The van der Waals surface area contributed by atoms with Crippen molar-refractivity contribution in [2.24, 2.45) is 0 Å². The fourth-order valence-electron chi connectivity index (χ4n) is 1.84. The topological polar surface area (TPSA) is 63.7 Å². The second-order valence-corrected chi connectivity index (χ2v) is 8.19. The van der Waals surface area contributed by atoms with Crippen molar-refractivity contribution in [3.63, 3.8) is 0 Å². The number of rotatable bonds is 6. The first-order valence-corrected chi connectivity index (χ1v) is 9.12. The summed E-state index contributed by atoms with van der Waals surface area (Å²) < 4.78 is 31.7. The maximum atomic E-state index is 12.8. The highest BCUT2D eigenvalue weighted by atomic mass is 32.2. The first-order chi connectivity index (χ1) is 11.1. The standard InChI is InChI=1S/C18H25NO4S/c1-6-7-8-9-14-19(17(20)23-18(3,4)5)24(21,22)16-12-10-15(2)11-13-16/h6-8,10-13H,1,9,14H2,2-5H3/b8-7+. The highest BCUT2D eigenvalue weighted by Crippen LogP contribution is 2.20. The molecule has 0 spiro atoms. The van der Waals surface area contributed by atoms with E-state index in [1.807, 2.05) is 6.92 Å². The lowest BCUT2D eigenvalue weighted by atomic mass is 10.2. The van der Waals surface area contributed by atoms with Crippen LogP contribution in [-0.4, -0.2) is 31.0 Å². The molecule has 1 rings (SSSR count). The average molecular weight is 351 g/mol. The Labute approximate surface area is 144 Å². The van der Waals surface area contributed by atoms with E-state index in [1.54, 1.807) is 51.1 Å². The highest BCUT2D eigenvalue weighted by Gasteiger charge is 2.32. The van der Waals surface area contributed by atoms with Crippen LogP contribution in [0.2, 0.25) is 0 Å². The predicted molar refractivity (Wildman–Crippen MR) is 95.3 cm³/mol. The molecule has 0 aliphatic carbocycles. The van der Waals surface area contributed by atoms with Crippen LogP contribution in [0, 0.1) is 6.92 Å². The molecule has 1 amide bonds. The van der Waals surface area contributed by atoms with Gasteiger partial charge in [-0.05, 0) is 46.2 Å². The first-order valence-electron chi connectivity index (χ1n) is 7.68. The van der Waals surface area contributed by atoms with E-state index >= 15 is 0 Å². The Morgan fingerprint density at radius 2 is 1.83 bits per heavy atom. The quantitative estimate of drug-likeness (QED) is 0.725. The fraction of sp³-hybridized carbons (Fsp3) is 0.389. The molecule has 0 bridgehead atoms. The van der Waals surface area contributed by atoms with Gasteiger partial charge in [-0.3, -0.25) is 0 Å². The van der Waals surface area contributed by atoms with E-state index in [0.717, 1.165) is 9.87 Å². The van der Waals surface area contributed by atoms with Crippen LogP contribution in [0.1, 0.15) is 32.8 Å². The summed E-state index contributed by atoms with van der Waals surface area (Å²) in [5.41, 5.74) is 0.154. The van der Waals surface area contributed by atoms with Crippen molar-refractivity contribution in [3.05, 3.63) is 54.6 Å². The minimum Gasteiger partial charge on any atom is -0.443 e. The summed E-state index contributed by atoms with van der Waals surface area (Å²) in [6.07, 6.45) is 4.53. The monoisotopic (exact) mass is 351 g/mol. The number of allylic oxidation sites excluding steroid dienone is 2. The number of hydrogen-bond donors (Lipinski definition) is 0. The van der Waals surface area contributed by atoms with Gasteiger partial charge in [0.05, 0.1) is 4.90 Å². The minimum absolute atomic E-state index is 0.00450. The molecule has 24 heavy (non-hydrogen) atoms. The first kappa shape index (κ1) is 20.0. The second-order valence-electron chi connectivity index (χ2n) is 6.32. The van der Waals surface area contributed by atoms with E-state index in [-0.39, 0.29) is 11.4 Å². The third-order valence-electron chi connectivity index (χ3n) is 2.98. The number of carbonyl (C=O) groups excluding carboxylic acids is 1. The third-order valence-corrected chi connectivity index (χ3v) is 4.76. The van der Waals surface area contributed by atoms with Gasteiger partial charge in [0.15, 0.2) is 0 Å². The molecule has 0 aliphatic rings. The highest BCUT2D eigenvalue weighted by molar-refractivity contribution is 7.89. The van der Waals surface area contributed by atoms with Gasteiger partial charge in [-0.15, -0.1) is 0 Å². The molecular formula is C18H25NO4S. The largest absolute Gasteiger partial charge is 0.443 e. The molecular weight excluding hydrogens is 326 g/mol. The number of nitrogens with zero attached hydrogens (tertiary/aromatic N) is 1. The lowest BCUT2D eigenvalue weighted by Crippen LogP contribution is -2.41. The summed E-state index contributed by atoms with van der Waals surface area (Å²) in [7, 11) is -3.98. The minimum atomic E-state index is -3.98. The summed E-state index contributed by atoms with van der Waals surface area (Å²) in [6, 6.07) is 6.36. The van der Waals surface area contributed by atoms with E-state index in [4.69, 9.17) is 4.74 Å². The van der Waals surface area contributed by atoms with Gasteiger partial charge >= 0.3 is 6.09 Å². The van der Waals surface area contributed by atoms with E-state index in [9.17, 15) is 13.2 Å². The smallest absolute Gasteiger partial charge is 0.424 e. The van der Waals surface area contributed by atoms with Crippen LogP contribution in [-0.2, 0) is 14.8 Å². The zero-order chi connectivity index (χ0) is 18.4. The fourth-order valence-corrected chi connectivity index (χ4v) is 3.16. The Morgan fingerprint density at radius 3 is 2.33 bits per heavy atom. The van der Waals surface area contributed by atoms with Crippen LogP contribution in [0.5, 0.6) is 0 Å². The van der Waals surface area contributed by atoms with Gasteiger partial charge in [0, 0.05) is 6.54 Å². The van der Waals surface area contributed by atoms with Crippen LogP contribution in [0.15, 0.2) is 54.0 Å². The number of benzene rings is 1. The van der Waals surface area contributed by atoms with Gasteiger partial charge in [0.1, 0.15) is 5.60 Å². The molecule has 1 aromatic rings. The summed E-state index contributed by atoms with van der Waals surface area (Å²) >= 11 is 0. The molecule has 0 heterocycles. The van der Waals surface area contributed by atoms with Crippen molar-refractivity contribution in [2.75, 3.05) is 6.54 Å². The van der Waals surface area contributed by atoms with Crippen LogP contribution < -0.4 is 0 Å². The van der Waals surface area contributed by atoms with Gasteiger partial charge in [-0.2, -0.15) is 0 Å².